The standard InChI is InChI=1S/C13H13F3N6O2S/c1-5(25-13-20-12(17)21-22-13)11(24)18-4-8(23)19-7-3-2-6(14)9(15)10(7)16/h2-3,5H,4H2,1H3,(H,18,24)(H,19,23)(H3,17,20,21,22)/t5-/m0/s1. The minimum absolute atomic E-state index is 0.100. The minimum atomic E-state index is -1.70. The number of aromatic nitrogens is 3. The molecule has 8 nitrogen and oxygen atoms in total. The number of halogens is 3. The maximum atomic E-state index is 13.4. The van der Waals surface area contributed by atoms with Crippen molar-refractivity contribution in [3.8, 4) is 0 Å². The number of thioether (sulfide) groups is 1. The van der Waals surface area contributed by atoms with Crippen LogP contribution in [0.1, 0.15) is 6.92 Å². The van der Waals surface area contributed by atoms with Crippen molar-refractivity contribution >= 4 is 35.2 Å². The normalized spacial score (nSPS) is 11.8. The zero-order chi connectivity index (χ0) is 18.6. The summed E-state index contributed by atoms with van der Waals surface area (Å²) in [4.78, 5) is 27.4. The van der Waals surface area contributed by atoms with Gasteiger partial charge in [0, 0.05) is 0 Å². The van der Waals surface area contributed by atoms with Crippen molar-refractivity contribution in [2.45, 2.75) is 17.3 Å². The number of amides is 2. The van der Waals surface area contributed by atoms with E-state index >= 15 is 0 Å². The molecule has 5 N–H and O–H groups in total. The summed E-state index contributed by atoms with van der Waals surface area (Å²) in [5.41, 5.74) is 4.83. The molecule has 2 amide bonds. The molecule has 0 aliphatic rings. The second kappa shape index (κ2) is 7.88. The molecule has 0 saturated carbocycles. The number of nitrogens with one attached hydrogen (secondary N) is 3. The van der Waals surface area contributed by atoms with Crippen LogP contribution in [0.2, 0.25) is 0 Å². The minimum Gasteiger partial charge on any atom is -0.368 e. The highest BCUT2D eigenvalue weighted by molar-refractivity contribution is 8.00. The molecule has 1 aromatic carbocycles. The quantitative estimate of drug-likeness (QED) is 0.442. The van der Waals surface area contributed by atoms with Crippen LogP contribution in [0, 0.1) is 17.5 Å². The van der Waals surface area contributed by atoms with Gasteiger partial charge in [0.1, 0.15) is 0 Å². The SMILES string of the molecule is C[C@H](Sc1n[nH]c(N)n1)C(=O)NCC(=O)Nc1ccc(F)c(F)c1F. The van der Waals surface area contributed by atoms with E-state index in [1.165, 1.54) is 0 Å². The van der Waals surface area contributed by atoms with E-state index in [4.69, 9.17) is 5.73 Å². The second-order valence-electron chi connectivity index (χ2n) is 4.75. The largest absolute Gasteiger partial charge is 0.368 e. The molecular weight excluding hydrogens is 361 g/mol. The van der Waals surface area contributed by atoms with Crippen LogP contribution in [0.3, 0.4) is 0 Å². The van der Waals surface area contributed by atoms with Gasteiger partial charge in [0.25, 0.3) is 0 Å². The van der Waals surface area contributed by atoms with E-state index in [2.05, 4.69) is 20.5 Å². The Morgan fingerprint density at radius 1 is 1.32 bits per heavy atom. The predicted octanol–water partition coefficient (Wildman–Crippen LogP) is 1.04. The molecule has 0 saturated heterocycles. The number of hydrogen-bond acceptors (Lipinski definition) is 6. The van der Waals surface area contributed by atoms with Crippen molar-refractivity contribution < 1.29 is 22.8 Å². The number of benzene rings is 1. The van der Waals surface area contributed by atoms with Gasteiger partial charge in [-0.05, 0) is 19.1 Å². The fourth-order valence-electron chi connectivity index (χ4n) is 1.65. The molecule has 0 spiro atoms. The number of nitrogens with two attached hydrogens (primary N) is 1. The van der Waals surface area contributed by atoms with E-state index in [1.807, 2.05) is 5.32 Å². The summed E-state index contributed by atoms with van der Waals surface area (Å²) in [7, 11) is 0. The first-order valence-electron chi connectivity index (χ1n) is 6.83. The molecule has 2 rings (SSSR count). The monoisotopic (exact) mass is 374 g/mol. The fourth-order valence-corrected chi connectivity index (χ4v) is 2.41. The first-order valence-corrected chi connectivity index (χ1v) is 7.71. The van der Waals surface area contributed by atoms with Gasteiger partial charge < -0.3 is 16.4 Å². The summed E-state index contributed by atoms with van der Waals surface area (Å²) in [5, 5.41) is 10.1. The number of H-pyrrole nitrogens is 1. The Morgan fingerprint density at radius 3 is 2.68 bits per heavy atom. The molecule has 0 radical (unpaired) electrons. The lowest BCUT2D eigenvalue weighted by Gasteiger charge is -2.11. The molecule has 0 aliphatic heterocycles. The van der Waals surface area contributed by atoms with Gasteiger partial charge in [-0.25, -0.2) is 18.3 Å². The summed E-state index contributed by atoms with van der Waals surface area (Å²) in [5.74, 6) is -5.80. The molecule has 134 valence electrons. The average Bonchev–Trinajstić information content (AvgIpc) is 2.98. The summed E-state index contributed by atoms with van der Waals surface area (Å²) in [6.45, 7) is 1.07. The van der Waals surface area contributed by atoms with Crippen molar-refractivity contribution in [3.63, 3.8) is 0 Å². The van der Waals surface area contributed by atoms with Gasteiger partial charge in [-0.3, -0.25) is 9.59 Å². The third-order valence-electron chi connectivity index (χ3n) is 2.87. The highest BCUT2D eigenvalue weighted by atomic mass is 32.2. The average molecular weight is 374 g/mol. The van der Waals surface area contributed by atoms with Gasteiger partial charge in [-0.2, -0.15) is 4.98 Å². The van der Waals surface area contributed by atoms with Crippen molar-refractivity contribution in [2.75, 3.05) is 17.6 Å². The van der Waals surface area contributed by atoms with Gasteiger partial charge in [-0.1, -0.05) is 11.8 Å². The Hall–Kier alpha value is -2.76. The molecule has 1 atom stereocenters. The van der Waals surface area contributed by atoms with Gasteiger partial charge in [-0.15, -0.1) is 5.10 Å². The van der Waals surface area contributed by atoms with Crippen LogP contribution < -0.4 is 16.4 Å². The lowest BCUT2D eigenvalue weighted by molar-refractivity contribution is -0.123. The van der Waals surface area contributed by atoms with Crippen LogP contribution >= 0.6 is 11.8 Å². The van der Waals surface area contributed by atoms with E-state index in [-0.39, 0.29) is 11.1 Å². The predicted molar refractivity (Wildman–Crippen MR) is 84.1 cm³/mol. The van der Waals surface area contributed by atoms with E-state index in [1.54, 1.807) is 6.92 Å². The summed E-state index contributed by atoms with van der Waals surface area (Å²) >= 11 is 1.01. The van der Waals surface area contributed by atoms with Crippen molar-refractivity contribution in [3.05, 3.63) is 29.6 Å². The van der Waals surface area contributed by atoms with Crippen LogP contribution in [0.4, 0.5) is 24.8 Å². The number of rotatable bonds is 6. The lowest BCUT2D eigenvalue weighted by Crippen LogP contribution is -2.37. The van der Waals surface area contributed by atoms with Gasteiger partial charge in [0.15, 0.2) is 17.5 Å². The number of aromatic amines is 1. The van der Waals surface area contributed by atoms with Gasteiger partial charge in [0.05, 0.1) is 17.5 Å². The zero-order valence-electron chi connectivity index (χ0n) is 12.8. The lowest BCUT2D eigenvalue weighted by atomic mass is 10.2. The Labute approximate surface area is 143 Å². The number of hydrogen-bond donors (Lipinski definition) is 4. The van der Waals surface area contributed by atoms with Crippen molar-refractivity contribution in [2.24, 2.45) is 0 Å². The third kappa shape index (κ3) is 4.86. The van der Waals surface area contributed by atoms with Crippen LogP contribution in [-0.2, 0) is 9.59 Å². The molecule has 0 bridgehead atoms. The highest BCUT2D eigenvalue weighted by Crippen LogP contribution is 2.20. The smallest absolute Gasteiger partial charge is 0.243 e. The van der Waals surface area contributed by atoms with Crippen molar-refractivity contribution in [1.82, 2.24) is 20.5 Å². The molecule has 1 aromatic heterocycles. The number of carbonyl (C=O) groups is 2. The maximum absolute atomic E-state index is 13.4. The molecule has 1 heterocycles. The summed E-state index contributed by atoms with van der Waals surface area (Å²) in [6, 6.07) is 1.55. The zero-order valence-corrected chi connectivity index (χ0v) is 13.6. The van der Waals surface area contributed by atoms with Gasteiger partial charge in [0.2, 0.25) is 22.9 Å². The Bertz CT molecular complexity index is 800. The fraction of sp³-hybridized carbons (Fsp3) is 0.231. The maximum Gasteiger partial charge on any atom is 0.243 e. The highest BCUT2D eigenvalue weighted by Gasteiger charge is 2.19. The number of carbonyl (C=O) groups excluding carboxylic acids is 2. The molecule has 0 aliphatic carbocycles. The van der Waals surface area contributed by atoms with Crippen LogP contribution in [0.25, 0.3) is 0 Å². The first-order chi connectivity index (χ1) is 11.8. The van der Waals surface area contributed by atoms with Crippen LogP contribution in [-0.4, -0.2) is 38.8 Å². The number of anilines is 2. The molecule has 0 unspecified atom stereocenters. The third-order valence-corrected chi connectivity index (χ3v) is 3.83. The van der Waals surface area contributed by atoms with E-state index < -0.39 is 46.7 Å². The summed E-state index contributed by atoms with van der Waals surface area (Å²) < 4.78 is 39.3. The summed E-state index contributed by atoms with van der Waals surface area (Å²) in [6.07, 6.45) is 0. The first kappa shape index (κ1) is 18.6. The van der Waals surface area contributed by atoms with E-state index in [9.17, 15) is 22.8 Å². The Morgan fingerprint density at radius 2 is 2.04 bits per heavy atom. The van der Waals surface area contributed by atoms with E-state index in [0.717, 1.165) is 17.8 Å². The topological polar surface area (TPSA) is 126 Å². The Kier molecular flexibility index (Phi) is 5.85. The number of nitrogens with zero attached hydrogens (tertiary/aromatic N) is 2. The van der Waals surface area contributed by atoms with Crippen molar-refractivity contribution in [1.29, 1.82) is 0 Å². The molecule has 2 aromatic rings. The Balaban J connectivity index is 1.85. The molecule has 0 fully saturated rings. The second-order valence-corrected chi connectivity index (χ2v) is 6.06. The van der Waals surface area contributed by atoms with Crippen LogP contribution in [0.5, 0.6) is 0 Å². The molecular formula is C13H13F3N6O2S. The molecule has 12 heteroatoms. The number of nitrogen functional groups attached to an aromatic ring is 1. The van der Waals surface area contributed by atoms with Gasteiger partial charge >= 0.3 is 0 Å². The van der Waals surface area contributed by atoms with E-state index in [0.29, 0.717) is 6.07 Å². The van der Waals surface area contributed by atoms with Crippen LogP contribution in [0.15, 0.2) is 17.3 Å². The molecule has 25 heavy (non-hydrogen) atoms.